The molecule has 0 saturated heterocycles. The minimum Gasteiger partial charge on any atom is -0.484 e. The fourth-order valence-corrected chi connectivity index (χ4v) is 3.74. The van der Waals surface area contributed by atoms with Crippen LogP contribution in [0.15, 0.2) is 30.9 Å². The number of ether oxygens (including phenoxy) is 1. The molecule has 6 rings (SSSR count). The Morgan fingerprint density at radius 3 is 2.87 bits per heavy atom. The van der Waals surface area contributed by atoms with E-state index in [1.165, 1.54) is 12.4 Å². The highest BCUT2D eigenvalue weighted by atomic mass is 19.1. The van der Waals surface area contributed by atoms with Gasteiger partial charge >= 0.3 is 0 Å². The van der Waals surface area contributed by atoms with E-state index >= 15 is 0 Å². The van der Waals surface area contributed by atoms with Gasteiger partial charge in [-0.2, -0.15) is 10.2 Å². The van der Waals surface area contributed by atoms with E-state index in [-0.39, 0.29) is 11.4 Å². The first-order valence-electron chi connectivity index (χ1n) is 9.89. The highest BCUT2D eigenvalue weighted by Crippen LogP contribution is 2.41. The number of aromatic nitrogens is 7. The van der Waals surface area contributed by atoms with Crippen molar-refractivity contribution in [2.24, 2.45) is 0 Å². The topological polar surface area (TPSA) is 97.6 Å². The first kappa shape index (κ1) is 17.3. The number of nitrogens with zero attached hydrogens (tertiary/aromatic N) is 7. The van der Waals surface area contributed by atoms with E-state index in [1.807, 2.05) is 17.7 Å². The van der Waals surface area contributed by atoms with Crippen LogP contribution in [0.2, 0.25) is 0 Å². The van der Waals surface area contributed by atoms with E-state index in [9.17, 15) is 4.39 Å². The molecule has 1 fully saturated rings. The van der Waals surface area contributed by atoms with E-state index in [2.05, 4.69) is 35.1 Å². The summed E-state index contributed by atoms with van der Waals surface area (Å²) in [4.78, 5) is 15.3. The fourth-order valence-electron chi connectivity index (χ4n) is 3.74. The van der Waals surface area contributed by atoms with Crippen LogP contribution in [-0.2, 0) is 13.1 Å². The number of nitrogens with one attached hydrogen (secondary N) is 1. The molecule has 2 aliphatic rings. The molecule has 10 heteroatoms. The lowest BCUT2D eigenvalue weighted by molar-refractivity contribution is 0.191. The summed E-state index contributed by atoms with van der Waals surface area (Å²) in [5, 5.41) is 12.3. The van der Waals surface area contributed by atoms with Crippen LogP contribution < -0.4 is 9.64 Å². The lowest BCUT2D eigenvalue weighted by Crippen LogP contribution is -2.34. The number of benzene rings is 1. The van der Waals surface area contributed by atoms with E-state index in [0.717, 1.165) is 43.0 Å². The molecule has 0 atom stereocenters. The second kappa shape index (κ2) is 6.22. The van der Waals surface area contributed by atoms with E-state index < -0.39 is 5.82 Å². The first-order chi connectivity index (χ1) is 14.6. The highest BCUT2D eigenvalue weighted by Gasteiger charge is 2.40. The zero-order valence-electron chi connectivity index (χ0n) is 16.3. The normalized spacial score (nSPS) is 17.2. The third kappa shape index (κ3) is 2.87. The van der Waals surface area contributed by atoms with Gasteiger partial charge in [0.25, 0.3) is 0 Å². The minimum atomic E-state index is -0.397. The molecule has 1 N–H and O–H groups in total. The van der Waals surface area contributed by atoms with Crippen molar-refractivity contribution in [2.45, 2.75) is 38.5 Å². The van der Waals surface area contributed by atoms with Gasteiger partial charge in [0.05, 0.1) is 24.3 Å². The smallest absolute Gasteiger partial charge is 0.167 e. The van der Waals surface area contributed by atoms with Gasteiger partial charge < -0.3 is 9.64 Å². The van der Waals surface area contributed by atoms with Crippen molar-refractivity contribution < 1.29 is 9.13 Å². The summed E-state index contributed by atoms with van der Waals surface area (Å²) in [6, 6.07) is 5.03. The van der Waals surface area contributed by atoms with Crippen molar-refractivity contribution in [1.29, 1.82) is 0 Å². The second-order valence-electron chi connectivity index (χ2n) is 8.03. The quantitative estimate of drug-likeness (QED) is 0.556. The fraction of sp³-hybridized carbons (Fsp3) is 0.350. The van der Waals surface area contributed by atoms with Gasteiger partial charge in [0.2, 0.25) is 0 Å². The van der Waals surface area contributed by atoms with E-state index in [0.29, 0.717) is 23.4 Å². The van der Waals surface area contributed by atoms with Crippen LogP contribution in [0.4, 0.5) is 10.2 Å². The molecule has 0 amide bonds. The summed E-state index contributed by atoms with van der Waals surface area (Å²) in [5.74, 6) is 1.54. The van der Waals surface area contributed by atoms with Crippen LogP contribution >= 0.6 is 0 Å². The van der Waals surface area contributed by atoms with Gasteiger partial charge in [0.15, 0.2) is 11.6 Å². The lowest BCUT2D eigenvalue weighted by Gasteiger charge is -2.27. The molecule has 0 spiro atoms. The Bertz CT molecular complexity index is 1260. The lowest BCUT2D eigenvalue weighted by atomic mass is 10.1. The maximum atomic E-state index is 14.5. The number of anilines is 1. The number of H-pyrrole nitrogens is 1. The van der Waals surface area contributed by atoms with Crippen LogP contribution in [0.5, 0.6) is 5.75 Å². The monoisotopic (exact) mass is 406 g/mol. The van der Waals surface area contributed by atoms with Crippen molar-refractivity contribution in [3.63, 3.8) is 0 Å². The molecule has 0 unspecified atom stereocenters. The first-order valence-corrected chi connectivity index (χ1v) is 9.89. The number of hydrogen-bond donors (Lipinski definition) is 1. The number of hydrogen-bond acceptors (Lipinski definition) is 7. The Hall–Kier alpha value is -3.56. The number of rotatable bonds is 4. The van der Waals surface area contributed by atoms with Crippen molar-refractivity contribution in [1.82, 2.24) is 34.9 Å². The van der Waals surface area contributed by atoms with Crippen molar-refractivity contribution in [2.75, 3.05) is 11.4 Å². The van der Waals surface area contributed by atoms with Crippen LogP contribution in [0.1, 0.15) is 25.6 Å². The van der Waals surface area contributed by atoms with Gasteiger partial charge in [0.1, 0.15) is 35.6 Å². The molecule has 4 aromatic rings. The average molecular weight is 406 g/mol. The summed E-state index contributed by atoms with van der Waals surface area (Å²) >= 11 is 0. The van der Waals surface area contributed by atoms with Gasteiger partial charge in [-0.1, -0.05) is 0 Å². The summed E-state index contributed by atoms with van der Waals surface area (Å²) in [6.07, 6.45) is 4.96. The molecule has 1 aliphatic heterocycles. The molecule has 9 nitrogen and oxygen atoms in total. The third-order valence-corrected chi connectivity index (χ3v) is 5.75. The van der Waals surface area contributed by atoms with Gasteiger partial charge in [0, 0.05) is 24.1 Å². The molecule has 152 valence electrons. The maximum Gasteiger partial charge on any atom is 0.167 e. The molecule has 0 bridgehead atoms. The number of fused-ring (bicyclic) bond motifs is 2. The van der Waals surface area contributed by atoms with Gasteiger partial charge in [-0.3, -0.25) is 5.10 Å². The van der Waals surface area contributed by atoms with Crippen LogP contribution in [0, 0.1) is 5.82 Å². The number of aromatic amines is 1. The zero-order chi connectivity index (χ0) is 20.3. The maximum absolute atomic E-state index is 14.5. The van der Waals surface area contributed by atoms with Gasteiger partial charge in [-0.05, 0) is 25.8 Å². The minimum absolute atomic E-state index is 0.245. The van der Waals surface area contributed by atoms with Crippen LogP contribution in [-0.4, -0.2) is 47.1 Å². The molecular formula is C20H19FN8O. The van der Waals surface area contributed by atoms with Crippen molar-refractivity contribution >= 4 is 16.7 Å². The Balaban J connectivity index is 1.36. The molecule has 30 heavy (non-hydrogen) atoms. The Labute approximate surface area is 170 Å². The van der Waals surface area contributed by atoms with Crippen LogP contribution in [0.3, 0.4) is 0 Å². The summed E-state index contributed by atoms with van der Waals surface area (Å²) < 4.78 is 22.3. The van der Waals surface area contributed by atoms with Crippen molar-refractivity contribution in [3.05, 3.63) is 42.5 Å². The Morgan fingerprint density at radius 1 is 1.10 bits per heavy atom. The second-order valence-corrected chi connectivity index (χ2v) is 8.03. The molecule has 0 radical (unpaired) electrons. The summed E-state index contributed by atoms with van der Waals surface area (Å²) in [5.41, 5.74) is 1.63. The summed E-state index contributed by atoms with van der Waals surface area (Å²) in [7, 11) is 0. The third-order valence-electron chi connectivity index (χ3n) is 5.75. The summed E-state index contributed by atoms with van der Waals surface area (Å²) in [6.45, 7) is 4.14. The predicted octanol–water partition coefficient (Wildman–Crippen LogP) is 2.70. The highest BCUT2D eigenvalue weighted by molar-refractivity contribution is 5.93. The average Bonchev–Trinajstić information content (AvgIpc) is 3.15. The Morgan fingerprint density at radius 2 is 2.00 bits per heavy atom. The largest absolute Gasteiger partial charge is 0.484 e. The zero-order valence-corrected chi connectivity index (χ0v) is 16.3. The molecule has 1 saturated carbocycles. The molecular weight excluding hydrogens is 387 g/mol. The van der Waals surface area contributed by atoms with Crippen molar-refractivity contribution in [3.8, 4) is 17.1 Å². The van der Waals surface area contributed by atoms with Gasteiger partial charge in [-0.15, -0.1) is 0 Å². The Kier molecular flexibility index (Phi) is 3.59. The SMILES string of the molecule is CC1(Oc2cc3c(-c4cc(N5CCn6ncnc6C5)ncn4)n[nH]c3cc2F)CC1. The molecule has 1 aromatic carbocycles. The van der Waals surface area contributed by atoms with E-state index in [1.54, 1.807) is 12.4 Å². The number of halogens is 1. The molecule has 3 aromatic heterocycles. The van der Waals surface area contributed by atoms with E-state index in [4.69, 9.17) is 4.74 Å². The standard InChI is InChI=1S/C20H19FN8O/c1-20(2-3-20)30-16-6-12-14(7-13(16)21)26-27-19(12)15-8-17(23-10-22-15)28-4-5-29-18(9-28)24-11-25-29/h6-8,10-11H,2-5,9H2,1H3,(H,26,27). The molecule has 4 heterocycles. The van der Waals surface area contributed by atoms with Gasteiger partial charge in [-0.25, -0.2) is 24.0 Å². The molecule has 1 aliphatic carbocycles. The van der Waals surface area contributed by atoms with Crippen LogP contribution in [0.25, 0.3) is 22.3 Å². The predicted molar refractivity (Wildman–Crippen MR) is 106 cm³/mol.